The van der Waals surface area contributed by atoms with E-state index in [-0.39, 0.29) is 5.69 Å². The predicted octanol–water partition coefficient (Wildman–Crippen LogP) is 4.02. The molecule has 0 aliphatic rings. The van der Waals surface area contributed by atoms with E-state index in [4.69, 9.17) is 16.0 Å². The van der Waals surface area contributed by atoms with Gasteiger partial charge in [0.1, 0.15) is 11.5 Å². The van der Waals surface area contributed by atoms with Crippen LogP contribution >= 0.6 is 11.6 Å². The molecular formula is C13H12ClNO3. The second-order valence-corrected chi connectivity index (χ2v) is 4.53. The summed E-state index contributed by atoms with van der Waals surface area (Å²) in [6.45, 7) is 1.83. The van der Waals surface area contributed by atoms with Crippen molar-refractivity contribution in [2.24, 2.45) is 0 Å². The Balaban J connectivity index is 2.21. The van der Waals surface area contributed by atoms with Gasteiger partial charge >= 0.3 is 0 Å². The predicted molar refractivity (Wildman–Crippen MR) is 68.8 cm³/mol. The standard InChI is InChI=1S/C13H12ClNO3/c1-9-6-7-13(18-9)11(14)8-10-4-2-3-5-12(10)15(16)17/h2-7,11H,8H2,1H3. The van der Waals surface area contributed by atoms with Crippen LogP contribution in [0.4, 0.5) is 5.69 Å². The van der Waals surface area contributed by atoms with Gasteiger partial charge in [0.25, 0.3) is 5.69 Å². The van der Waals surface area contributed by atoms with E-state index in [9.17, 15) is 10.1 Å². The van der Waals surface area contributed by atoms with E-state index < -0.39 is 10.3 Å². The topological polar surface area (TPSA) is 56.3 Å². The molecule has 1 aromatic heterocycles. The van der Waals surface area contributed by atoms with Gasteiger partial charge in [-0.1, -0.05) is 18.2 Å². The number of para-hydroxylation sites is 1. The maximum Gasteiger partial charge on any atom is 0.272 e. The van der Waals surface area contributed by atoms with Crippen molar-refractivity contribution in [2.75, 3.05) is 0 Å². The highest BCUT2D eigenvalue weighted by Crippen LogP contribution is 2.30. The molecule has 0 amide bonds. The minimum Gasteiger partial charge on any atom is -0.465 e. The number of rotatable bonds is 4. The number of nitro benzene ring substituents is 1. The summed E-state index contributed by atoms with van der Waals surface area (Å²) >= 11 is 6.21. The lowest BCUT2D eigenvalue weighted by Crippen LogP contribution is -1.99. The Bertz CT molecular complexity index is 565. The quantitative estimate of drug-likeness (QED) is 0.477. The zero-order valence-corrected chi connectivity index (χ0v) is 10.6. The number of hydrogen-bond acceptors (Lipinski definition) is 3. The van der Waals surface area contributed by atoms with E-state index in [2.05, 4.69) is 0 Å². The second kappa shape index (κ2) is 5.23. The zero-order valence-electron chi connectivity index (χ0n) is 9.80. The van der Waals surface area contributed by atoms with Gasteiger partial charge in [-0.15, -0.1) is 11.6 Å². The van der Waals surface area contributed by atoms with Crippen molar-refractivity contribution in [3.63, 3.8) is 0 Å². The molecule has 1 aromatic carbocycles. The largest absolute Gasteiger partial charge is 0.465 e. The van der Waals surface area contributed by atoms with Crippen LogP contribution in [0.3, 0.4) is 0 Å². The van der Waals surface area contributed by atoms with Crippen LogP contribution in [0.25, 0.3) is 0 Å². The average molecular weight is 266 g/mol. The number of alkyl halides is 1. The van der Waals surface area contributed by atoms with E-state index in [0.29, 0.717) is 17.7 Å². The lowest BCUT2D eigenvalue weighted by molar-refractivity contribution is -0.385. The summed E-state index contributed by atoms with van der Waals surface area (Å²) in [7, 11) is 0. The number of aryl methyl sites for hydroxylation is 1. The van der Waals surface area contributed by atoms with Gasteiger partial charge in [-0.2, -0.15) is 0 Å². The molecule has 2 rings (SSSR count). The molecule has 94 valence electrons. The lowest BCUT2D eigenvalue weighted by atomic mass is 10.1. The molecule has 4 nitrogen and oxygen atoms in total. The molecule has 1 heterocycles. The van der Waals surface area contributed by atoms with Gasteiger partial charge in [0.2, 0.25) is 0 Å². The van der Waals surface area contributed by atoms with Gasteiger partial charge in [0, 0.05) is 18.1 Å². The van der Waals surface area contributed by atoms with Crippen molar-refractivity contribution in [1.29, 1.82) is 0 Å². The molecule has 1 unspecified atom stereocenters. The number of nitro groups is 1. The highest BCUT2D eigenvalue weighted by atomic mass is 35.5. The molecule has 18 heavy (non-hydrogen) atoms. The number of hydrogen-bond donors (Lipinski definition) is 0. The molecule has 2 aromatic rings. The Morgan fingerprint density at radius 3 is 2.67 bits per heavy atom. The molecule has 0 spiro atoms. The first-order valence-corrected chi connectivity index (χ1v) is 5.94. The van der Waals surface area contributed by atoms with Crippen LogP contribution in [0.5, 0.6) is 0 Å². The molecule has 0 aliphatic carbocycles. The molecule has 0 N–H and O–H groups in total. The third-order valence-electron chi connectivity index (χ3n) is 2.66. The summed E-state index contributed by atoms with van der Waals surface area (Å²) < 4.78 is 5.42. The van der Waals surface area contributed by atoms with Crippen LogP contribution in [-0.2, 0) is 6.42 Å². The monoisotopic (exact) mass is 265 g/mol. The fourth-order valence-electron chi connectivity index (χ4n) is 1.78. The van der Waals surface area contributed by atoms with Gasteiger partial charge in [-0.25, -0.2) is 0 Å². The summed E-state index contributed by atoms with van der Waals surface area (Å²) in [4.78, 5) is 10.5. The first-order chi connectivity index (χ1) is 8.58. The SMILES string of the molecule is Cc1ccc(C(Cl)Cc2ccccc2[N+](=O)[O-])o1. The molecule has 0 radical (unpaired) electrons. The minimum absolute atomic E-state index is 0.0893. The van der Waals surface area contributed by atoms with E-state index in [1.54, 1.807) is 24.3 Å². The highest BCUT2D eigenvalue weighted by Gasteiger charge is 2.19. The first-order valence-electron chi connectivity index (χ1n) is 5.50. The lowest BCUT2D eigenvalue weighted by Gasteiger charge is -2.07. The van der Waals surface area contributed by atoms with Gasteiger partial charge in [0.15, 0.2) is 0 Å². The van der Waals surface area contributed by atoms with Gasteiger partial charge in [0.05, 0.1) is 10.3 Å². The normalized spacial score (nSPS) is 12.3. The number of benzene rings is 1. The summed E-state index contributed by atoms with van der Waals surface area (Å²) in [6.07, 6.45) is 0.367. The summed E-state index contributed by atoms with van der Waals surface area (Å²) in [5.74, 6) is 1.41. The molecule has 0 fully saturated rings. The summed E-state index contributed by atoms with van der Waals surface area (Å²) in [5, 5.41) is 10.5. The van der Waals surface area contributed by atoms with Gasteiger partial charge in [-0.05, 0) is 19.1 Å². The molecule has 0 bridgehead atoms. The molecular weight excluding hydrogens is 254 g/mol. The summed E-state index contributed by atoms with van der Waals surface area (Å²) in [5.41, 5.74) is 0.697. The fraction of sp³-hybridized carbons (Fsp3) is 0.231. The Labute approximate surface area is 109 Å². The molecule has 1 atom stereocenters. The smallest absolute Gasteiger partial charge is 0.272 e. The number of halogens is 1. The maximum atomic E-state index is 10.9. The van der Waals surface area contributed by atoms with Crippen LogP contribution in [0.1, 0.15) is 22.5 Å². The molecule has 5 heteroatoms. The van der Waals surface area contributed by atoms with Crippen molar-refractivity contribution >= 4 is 17.3 Å². The van der Waals surface area contributed by atoms with E-state index in [1.165, 1.54) is 6.07 Å². The molecule has 0 saturated heterocycles. The van der Waals surface area contributed by atoms with Crippen molar-refractivity contribution in [2.45, 2.75) is 18.7 Å². The highest BCUT2D eigenvalue weighted by molar-refractivity contribution is 6.20. The maximum absolute atomic E-state index is 10.9. The van der Waals surface area contributed by atoms with Crippen molar-refractivity contribution < 1.29 is 9.34 Å². The van der Waals surface area contributed by atoms with Crippen LogP contribution in [-0.4, -0.2) is 4.92 Å². The first kappa shape index (κ1) is 12.6. The Morgan fingerprint density at radius 2 is 2.06 bits per heavy atom. The van der Waals surface area contributed by atoms with Crippen LogP contribution in [0.15, 0.2) is 40.8 Å². The Kier molecular flexibility index (Phi) is 3.67. The van der Waals surface area contributed by atoms with E-state index in [1.807, 2.05) is 13.0 Å². The third-order valence-corrected chi connectivity index (χ3v) is 3.03. The van der Waals surface area contributed by atoms with Crippen molar-refractivity contribution in [3.8, 4) is 0 Å². The Hall–Kier alpha value is -1.81. The third kappa shape index (κ3) is 2.71. The van der Waals surface area contributed by atoms with Crippen LogP contribution in [0, 0.1) is 17.0 Å². The fourth-order valence-corrected chi connectivity index (χ4v) is 2.06. The average Bonchev–Trinajstić information content (AvgIpc) is 2.76. The molecule has 0 aliphatic heterocycles. The number of nitrogens with zero attached hydrogens (tertiary/aromatic N) is 1. The van der Waals surface area contributed by atoms with Gasteiger partial charge < -0.3 is 4.42 Å². The van der Waals surface area contributed by atoms with E-state index >= 15 is 0 Å². The Morgan fingerprint density at radius 1 is 1.33 bits per heavy atom. The molecule has 0 saturated carbocycles. The van der Waals surface area contributed by atoms with Crippen molar-refractivity contribution in [1.82, 2.24) is 0 Å². The van der Waals surface area contributed by atoms with E-state index in [0.717, 1.165) is 5.76 Å². The van der Waals surface area contributed by atoms with Crippen LogP contribution in [0.2, 0.25) is 0 Å². The van der Waals surface area contributed by atoms with Gasteiger partial charge in [-0.3, -0.25) is 10.1 Å². The second-order valence-electron chi connectivity index (χ2n) is 4.01. The summed E-state index contributed by atoms with van der Waals surface area (Å²) in [6, 6.07) is 10.2. The van der Waals surface area contributed by atoms with Crippen molar-refractivity contribution in [3.05, 3.63) is 63.6 Å². The minimum atomic E-state index is -0.403. The zero-order chi connectivity index (χ0) is 13.1. The number of furan rings is 1. The van der Waals surface area contributed by atoms with Crippen LogP contribution < -0.4 is 0 Å².